The maximum atomic E-state index is 5.57. The van der Waals surface area contributed by atoms with Crippen molar-refractivity contribution in [2.24, 2.45) is 0 Å². The maximum absolute atomic E-state index is 5.57. The van der Waals surface area contributed by atoms with Gasteiger partial charge in [-0.15, -0.1) is 0 Å². The van der Waals surface area contributed by atoms with Gasteiger partial charge in [-0.1, -0.05) is 12.1 Å². The summed E-state index contributed by atoms with van der Waals surface area (Å²) in [5.41, 5.74) is 9.62. The van der Waals surface area contributed by atoms with E-state index in [1.807, 2.05) is 6.07 Å². The van der Waals surface area contributed by atoms with E-state index in [1.165, 1.54) is 11.1 Å². The molecule has 3 rings (SSSR count). The Hall–Kier alpha value is -2.23. The van der Waals surface area contributed by atoms with Gasteiger partial charge in [-0.2, -0.15) is 4.98 Å². The van der Waals surface area contributed by atoms with E-state index < -0.39 is 0 Å². The minimum atomic E-state index is 0.259. The molecule has 4 nitrogen and oxygen atoms in total. The Balaban J connectivity index is 2.48. The molecule has 0 saturated carbocycles. The molecule has 4 heteroatoms. The molecule has 1 aromatic carbocycles. The monoisotopic (exact) mass is 224 g/mol. The molecule has 84 valence electrons. The second-order valence-electron chi connectivity index (χ2n) is 4.21. The lowest BCUT2D eigenvalue weighted by Gasteiger charge is -2.06. The molecule has 3 aromatic rings. The number of aryl methyl sites for hydroxylation is 2. The van der Waals surface area contributed by atoms with E-state index in [1.54, 1.807) is 6.20 Å². The van der Waals surface area contributed by atoms with Gasteiger partial charge >= 0.3 is 0 Å². The van der Waals surface area contributed by atoms with Gasteiger partial charge in [0, 0.05) is 17.0 Å². The van der Waals surface area contributed by atoms with Crippen LogP contribution in [-0.4, -0.2) is 15.0 Å². The lowest BCUT2D eigenvalue weighted by molar-refractivity contribution is 1.20. The predicted octanol–water partition coefficient (Wildman–Crippen LogP) is 2.38. The summed E-state index contributed by atoms with van der Waals surface area (Å²) in [6.45, 7) is 4.15. The first-order valence-corrected chi connectivity index (χ1v) is 5.44. The minimum Gasteiger partial charge on any atom is -0.368 e. The third kappa shape index (κ3) is 1.49. The van der Waals surface area contributed by atoms with E-state index in [4.69, 9.17) is 5.73 Å². The lowest BCUT2D eigenvalue weighted by atomic mass is 10.0. The number of rotatable bonds is 0. The topological polar surface area (TPSA) is 64.7 Å². The molecule has 17 heavy (non-hydrogen) atoms. The normalized spacial score (nSPS) is 11.2. The second kappa shape index (κ2) is 3.38. The number of anilines is 1. The van der Waals surface area contributed by atoms with Crippen molar-refractivity contribution in [3.63, 3.8) is 0 Å². The van der Waals surface area contributed by atoms with E-state index in [2.05, 4.69) is 40.9 Å². The van der Waals surface area contributed by atoms with Gasteiger partial charge in [0.05, 0.1) is 5.52 Å². The van der Waals surface area contributed by atoms with E-state index >= 15 is 0 Å². The fourth-order valence-electron chi connectivity index (χ4n) is 1.95. The number of nitrogens with two attached hydrogens (primary N) is 1. The fraction of sp³-hybridized carbons (Fsp3) is 0.154. The van der Waals surface area contributed by atoms with E-state index in [-0.39, 0.29) is 5.95 Å². The highest BCUT2D eigenvalue weighted by atomic mass is 15.0. The average Bonchev–Trinajstić information content (AvgIpc) is 2.32. The Labute approximate surface area is 98.5 Å². The SMILES string of the molecule is Cc1ccc2cc3cnc(N)nc3nc2c1C. The first-order chi connectivity index (χ1) is 8.15. The van der Waals surface area contributed by atoms with Crippen LogP contribution in [-0.2, 0) is 0 Å². The lowest BCUT2D eigenvalue weighted by Crippen LogP contribution is -1.96. The average molecular weight is 224 g/mol. The van der Waals surface area contributed by atoms with Crippen LogP contribution < -0.4 is 5.73 Å². The molecular formula is C13H12N4. The van der Waals surface area contributed by atoms with Crippen LogP contribution in [0.25, 0.3) is 21.9 Å². The summed E-state index contributed by atoms with van der Waals surface area (Å²) in [6.07, 6.45) is 1.71. The number of aromatic nitrogens is 3. The zero-order valence-electron chi connectivity index (χ0n) is 9.73. The largest absolute Gasteiger partial charge is 0.368 e. The number of hydrogen-bond donors (Lipinski definition) is 1. The molecule has 0 saturated heterocycles. The van der Waals surface area contributed by atoms with Gasteiger partial charge in [0.1, 0.15) is 0 Å². The number of fused-ring (bicyclic) bond motifs is 2. The Morgan fingerprint density at radius 3 is 2.71 bits per heavy atom. The van der Waals surface area contributed by atoms with Crippen LogP contribution in [0.3, 0.4) is 0 Å². The minimum absolute atomic E-state index is 0.259. The van der Waals surface area contributed by atoms with E-state index in [9.17, 15) is 0 Å². The Kier molecular flexibility index (Phi) is 1.98. The summed E-state index contributed by atoms with van der Waals surface area (Å²) in [6, 6.07) is 6.22. The van der Waals surface area contributed by atoms with Crippen molar-refractivity contribution in [1.82, 2.24) is 15.0 Å². The molecule has 0 aliphatic carbocycles. The van der Waals surface area contributed by atoms with Crippen LogP contribution in [0.1, 0.15) is 11.1 Å². The number of pyridine rings is 1. The summed E-state index contributed by atoms with van der Waals surface area (Å²) >= 11 is 0. The fourth-order valence-corrected chi connectivity index (χ4v) is 1.95. The van der Waals surface area contributed by atoms with Crippen LogP contribution in [0.15, 0.2) is 24.4 Å². The van der Waals surface area contributed by atoms with Crippen LogP contribution >= 0.6 is 0 Å². The van der Waals surface area contributed by atoms with Gasteiger partial charge < -0.3 is 5.73 Å². The summed E-state index contributed by atoms with van der Waals surface area (Å²) in [5.74, 6) is 0.259. The molecule has 0 aliphatic heterocycles. The number of nitrogens with zero attached hydrogens (tertiary/aromatic N) is 3. The zero-order chi connectivity index (χ0) is 12.0. The van der Waals surface area contributed by atoms with Crippen molar-refractivity contribution in [2.45, 2.75) is 13.8 Å². The van der Waals surface area contributed by atoms with E-state index in [0.29, 0.717) is 5.65 Å². The molecule has 0 unspecified atom stereocenters. The van der Waals surface area contributed by atoms with Gasteiger partial charge in [0.25, 0.3) is 0 Å². The molecule has 2 heterocycles. The van der Waals surface area contributed by atoms with Gasteiger partial charge in [0.15, 0.2) is 5.65 Å². The van der Waals surface area contributed by atoms with Gasteiger partial charge in [-0.3, -0.25) is 0 Å². The van der Waals surface area contributed by atoms with Crippen molar-refractivity contribution in [3.8, 4) is 0 Å². The summed E-state index contributed by atoms with van der Waals surface area (Å²) in [4.78, 5) is 12.7. The quantitative estimate of drug-likeness (QED) is 0.595. The Morgan fingerprint density at radius 1 is 1.06 bits per heavy atom. The van der Waals surface area contributed by atoms with Gasteiger partial charge in [-0.25, -0.2) is 9.97 Å². The van der Waals surface area contributed by atoms with E-state index in [0.717, 1.165) is 16.3 Å². The standard InChI is InChI=1S/C13H12N4/c1-7-3-4-9-5-10-6-15-13(14)17-12(10)16-11(9)8(7)2/h3-6H,1-2H3,(H2,14,15,16,17). The second-order valence-corrected chi connectivity index (χ2v) is 4.21. The van der Waals surface area contributed by atoms with Gasteiger partial charge in [-0.05, 0) is 31.0 Å². The molecule has 0 bridgehead atoms. The zero-order valence-corrected chi connectivity index (χ0v) is 9.73. The van der Waals surface area contributed by atoms with Crippen LogP contribution in [0.5, 0.6) is 0 Å². The highest BCUT2D eigenvalue weighted by molar-refractivity contribution is 5.92. The first kappa shape index (κ1) is 9.96. The third-order valence-electron chi connectivity index (χ3n) is 3.08. The maximum Gasteiger partial charge on any atom is 0.222 e. The molecule has 2 N–H and O–H groups in total. The molecule has 0 amide bonds. The molecule has 0 radical (unpaired) electrons. The van der Waals surface area contributed by atoms with Crippen LogP contribution in [0, 0.1) is 13.8 Å². The number of benzene rings is 1. The van der Waals surface area contributed by atoms with Crippen LogP contribution in [0.4, 0.5) is 5.95 Å². The Bertz CT molecular complexity index is 734. The molecule has 0 fully saturated rings. The molecular weight excluding hydrogens is 212 g/mol. The van der Waals surface area contributed by atoms with Crippen molar-refractivity contribution < 1.29 is 0 Å². The summed E-state index contributed by atoms with van der Waals surface area (Å²) < 4.78 is 0. The van der Waals surface area contributed by atoms with Crippen molar-refractivity contribution in [3.05, 3.63) is 35.5 Å². The Morgan fingerprint density at radius 2 is 1.88 bits per heavy atom. The summed E-state index contributed by atoms with van der Waals surface area (Å²) in [7, 11) is 0. The van der Waals surface area contributed by atoms with Crippen molar-refractivity contribution in [2.75, 3.05) is 5.73 Å². The van der Waals surface area contributed by atoms with Crippen molar-refractivity contribution >= 4 is 27.9 Å². The molecule has 0 atom stereocenters. The smallest absolute Gasteiger partial charge is 0.222 e. The van der Waals surface area contributed by atoms with Gasteiger partial charge in [0.2, 0.25) is 5.95 Å². The number of hydrogen-bond acceptors (Lipinski definition) is 4. The highest BCUT2D eigenvalue weighted by Gasteiger charge is 2.05. The third-order valence-corrected chi connectivity index (χ3v) is 3.08. The summed E-state index contributed by atoms with van der Waals surface area (Å²) in [5, 5.41) is 2.02. The van der Waals surface area contributed by atoms with Crippen LogP contribution in [0.2, 0.25) is 0 Å². The molecule has 0 spiro atoms. The molecule has 2 aromatic heterocycles. The first-order valence-electron chi connectivity index (χ1n) is 5.44. The predicted molar refractivity (Wildman–Crippen MR) is 68.7 cm³/mol. The number of nitrogen functional groups attached to an aromatic ring is 1. The van der Waals surface area contributed by atoms with Crippen molar-refractivity contribution in [1.29, 1.82) is 0 Å². The molecule has 0 aliphatic rings. The highest BCUT2D eigenvalue weighted by Crippen LogP contribution is 2.23.